The Morgan fingerprint density at radius 2 is 1.41 bits per heavy atom. The second-order valence-electron chi connectivity index (χ2n) is 6.63. The van der Waals surface area contributed by atoms with E-state index in [2.05, 4.69) is 4.74 Å². The standard InChI is InChI=1S/C18H19F9N2O4S/c1-5-29(6-2)12(30)10-8(4)9(13(31)33-7-3)11(34-10)28-14(32)15(19,20)16(21,22)17(23,24)18(25,26)27/h5-7H2,1-4H3,(H,28,32). The molecule has 0 aliphatic carbocycles. The molecule has 0 saturated heterocycles. The van der Waals surface area contributed by atoms with Crippen molar-refractivity contribution in [1.29, 1.82) is 0 Å². The van der Waals surface area contributed by atoms with Crippen LogP contribution < -0.4 is 5.32 Å². The molecule has 0 unspecified atom stereocenters. The summed E-state index contributed by atoms with van der Waals surface area (Å²) in [6.45, 7) is 5.63. The fourth-order valence-corrected chi connectivity index (χ4v) is 3.77. The summed E-state index contributed by atoms with van der Waals surface area (Å²) in [6, 6.07) is 0. The summed E-state index contributed by atoms with van der Waals surface area (Å²) in [4.78, 5) is 37.6. The van der Waals surface area contributed by atoms with Crippen LogP contribution in [0.15, 0.2) is 0 Å². The third-order valence-corrected chi connectivity index (χ3v) is 5.72. The SMILES string of the molecule is CCOC(=O)c1c(NC(=O)C(F)(F)C(F)(F)C(F)(F)C(F)(F)F)sc(C(=O)N(CC)CC)c1C. The van der Waals surface area contributed by atoms with Gasteiger partial charge in [-0.25, -0.2) is 4.79 Å². The Bertz CT molecular complexity index is 941. The quantitative estimate of drug-likeness (QED) is 0.355. The number of nitrogens with one attached hydrogen (secondary N) is 1. The van der Waals surface area contributed by atoms with E-state index in [0.29, 0.717) is 0 Å². The molecule has 34 heavy (non-hydrogen) atoms. The van der Waals surface area contributed by atoms with Crippen molar-refractivity contribution >= 4 is 34.1 Å². The predicted molar refractivity (Wildman–Crippen MR) is 102 cm³/mol. The zero-order valence-corrected chi connectivity index (χ0v) is 18.8. The summed E-state index contributed by atoms with van der Waals surface area (Å²) in [5, 5.41) is 0.118. The fraction of sp³-hybridized carbons (Fsp3) is 0.611. The third-order valence-electron chi connectivity index (χ3n) is 4.53. The molecule has 16 heteroatoms. The van der Waals surface area contributed by atoms with Crippen molar-refractivity contribution in [3.8, 4) is 0 Å². The summed E-state index contributed by atoms with van der Waals surface area (Å²) in [5.74, 6) is -26.4. The second-order valence-corrected chi connectivity index (χ2v) is 7.65. The first kappa shape index (κ1) is 29.5. The highest BCUT2D eigenvalue weighted by molar-refractivity contribution is 7.18. The smallest absolute Gasteiger partial charge is 0.460 e. The molecule has 0 bridgehead atoms. The molecule has 0 aliphatic heterocycles. The Hall–Kier alpha value is -2.52. The lowest BCUT2D eigenvalue weighted by atomic mass is 10.0. The predicted octanol–water partition coefficient (Wildman–Crippen LogP) is 5.12. The Morgan fingerprint density at radius 1 is 0.912 bits per heavy atom. The van der Waals surface area contributed by atoms with Crippen LogP contribution in [0.1, 0.15) is 46.4 Å². The minimum Gasteiger partial charge on any atom is -0.462 e. The van der Waals surface area contributed by atoms with Gasteiger partial charge in [-0.05, 0) is 33.3 Å². The molecule has 0 aromatic carbocycles. The topological polar surface area (TPSA) is 75.7 Å². The number of thiophene rings is 1. The number of nitrogens with zero attached hydrogens (tertiary/aromatic N) is 1. The van der Waals surface area contributed by atoms with Gasteiger partial charge in [0.2, 0.25) is 0 Å². The van der Waals surface area contributed by atoms with Crippen LogP contribution in [0.5, 0.6) is 0 Å². The van der Waals surface area contributed by atoms with Crippen LogP contribution in [0.2, 0.25) is 0 Å². The van der Waals surface area contributed by atoms with E-state index < -0.39 is 52.3 Å². The lowest BCUT2D eigenvalue weighted by molar-refractivity contribution is -0.388. The first-order chi connectivity index (χ1) is 15.3. The molecule has 1 rings (SSSR count). The van der Waals surface area contributed by atoms with Gasteiger partial charge in [-0.1, -0.05) is 0 Å². The number of esters is 1. The van der Waals surface area contributed by atoms with Gasteiger partial charge in [0.15, 0.2) is 0 Å². The van der Waals surface area contributed by atoms with E-state index >= 15 is 0 Å². The van der Waals surface area contributed by atoms with Crippen molar-refractivity contribution in [2.45, 2.75) is 51.6 Å². The van der Waals surface area contributed by atoms with Gasteiger partial charge in [0.25, 0.3) is 5.91 Å². The van der Waals surface area contributed by atoms with Gasteiger partial charge in [0.1, 0.15) is 5.00 Å². The molecule has 0 radical (unpaired) electrons. The highest BCUT2D eigenvalue weighted by atomic mass is 32.1. The van der Waals surface area contributed by atoms with Gasteiger partial charge < -0.3 is 15.0 Å². The van der Waals surface area contributed by atoms with Crippen LogP contribution in [0.3, 0.4) is 0 Å². The lowest BCUT2D eigenvalue weighted by Crippen LogP contribution is -2.64. The van der Waals surface area contributed by atoms with Gasteiger partial charge in [-0.15, -0.1) is 11.3 Å². The Labute approximate surface area is 191 Å². The number of carbonyl (C=O) groups is 3. The normalized spacial score (nSPS) is 13.0. The first-order valence-electron chi connectivity index (χ1n) is 9.44. The zero-order valence-electron chi connectivity index (χ0n) is 18.0. The monoisotopic (exact) mass is 530 g/mol. The van der Waals surface area contributed by atoms with Crippen LogP contribution in [0, 0.1) is 6.92 Å². The van der Waals surface area contributed by atoms with E-state index in [1.54, 1.807) is 13.8 Å². The van der Waals surface area contributed by atoms with E-state index in [1.165, 1.54) is 11.8 Å². The molecule has 1 heterocycles. The maximum Gasteiger partial charge on any atom is 0.460 e. The van der Waals surface area contributed by atoms with Crippen molar-refractivity contribution < 1.29 is 58.6 Å². The van der Waals surface area contributed by atoms with Crippen molar-refractivity contribution in [3.63, 3.8) is 0 Å². The third kappa shape index (κ3) is 4.95. The number of hydrogen-bond acceptors (Lipinski definition) is 5. The fourth-order valence-electron chi connectivity index (χ4n) is 2.61. The second kappa shape index (κ2) is 10.00. The highest BCUT2D eigenvalue weighted by Crippen LogP contribution is 2.53. The minimum absolute atomic E-state index is 0.153. The van der Waals surface area contributed by atoms with E-state index in [-0.39, 0.29) is 41.5 Å². The maximum atomic E-state index is 14.0. The highest BCUT2D eigenvalue weighted by Gasteiger charge is 2.83. The molecule has 0 fully saturated rings. The molecule has 194 valence electrons. The number of amides is 2. The van der Waals surface area contributed by atoms with Crippen LogP contribution >= 0.6 is 11.3 Å². The molecular formula is C18H19F9N2O4S. The summed E-state index contributed by atoms with van der Waals surface area (Å²) >= 11 is 0.164. The molecule has 1 aromatic rings. The molecule has 2 amide bonds. The summed E-state index contributed by atoms with van der Waals surface area (Å²) < 4.78 is 123. The molecule has 0 aliphatic rings. The van der Waals surface area contributed by atoms with Gasteiger partial charge in [0.05, 0.1) is 17.0 Å². The molecular weight excluding hydrogens is 511 g/mol. The number of alkyl halides is 9. The number of anilines is 1. The molecule has 0 atom stereocenters. The minimum atomic E-state index is -7.28. The van der Waals surface area contributed by atoms with E-state index in [0.717, 1.165) is 12.2 Å². The van der Waals surface area contributed by atoms with E-state index in [1.807, 2.05) is 0 Å². The summed E-state index contributed by atoms with van der Waals surface area (Å²) in [5.41, 5.74) is -0.941. The van der Waals surface area contributed by atoms with Gasteiger partial charge in [-0.2, -0.15) is 39.5 Å². The van der Waals surface area contributed by atoms with Gasteiger partial charge >= 0.3 is 35.8 Å². The van der Waals surface area contributed by atoms with Crippen molar-refractivity contribution in [2.24, 2.45) is 0 Å². The van der Waals surface area contributed by atoms with Crippen LogP contribution in [0.4, 0.5) is 44.5 Å². The molecule has 1 aromatic heterocycles. The Balaban J connectivity index is 3.56. The van der Waals surface area contributed by atoms with Crippen molar-refractivity contribution in [2.75, 3.05) is 25.0 Å². The van der Waals surface area contributed by atoms with Gasteiger partial charge in [0, 0.05) is 13.1 Å². The number of hydrogen-bond donors (Lipinski definition) is 1. The molecule has 6 nitrogen and oxygen atoms in total. The summed E-state index contributed by atoms with van der Waals surface area (Å²) in [6.07, 6.45) is -7.11. The molecule has 0 spiro atoms. The van der Waals surface area contributed by atoms with Crippen LogP contribution in [-0.2, 0) is 9.53 Å². The van der Waals surface area contributed by atoms with Gasteiger partial charge in [-0.3, -0.25) is 9.59 Å². The Morgan fingerprint density at radius 3 is 1.82 bits per heavy atom. The molecule has 1 N–H and O–H groups in total. The number of carbonyl (C=O) groups excluding carboxylic acids is 3. The number of ether oxygens (including phenoxy) is 1. The zero-order chi connectivity index (χ0) is 26.9. The number of rotatable bonds is 9. The Kier molecular flexibility index (Phi) is 8.68. The average Bonchev–Trinajstić information content (AvgIpc) is 3.03. The average molecular weight is 530 g/mol. The largest absolute Gasteiger partial charge is 0.462 e. The van der Waals surface area contributed by atoms with E-state index in [9.17, 15) is 53.9 Å². The maximum absolute atomic E-state index is 14.0. The first-order valence-corrected chi connectivity index (χ1v) is 10.3. The van der Waals surface area contributed by atoms with Crippen LogP contribution in [-0.4, -0.2) is 66.3 Å². The van der Waals surface area contributed by atoms with Crippen molar-refractivity contribution in [3.05, 3.63) is 16.0 Å². The van der Waals surface area contributed by atoms with Crippen molar-refractivity contribution in [1.82, 2.24) is 4.90 Å². The number of halogens is 9. The summed E-state index contributed by atoms with van der Waals surface area (Å²) in [7, 11) is 0. The lowest BCUT2D eigenvalue weighted by Gasteiger charge is -2.32. The van der Waals surface area contributed by atoms with E-state index in [4.69, 9.17) is 0 Å². The van der Waals surface area contributed by atoms with Crippen LogP contribution in [0.25, 0.3) is 0 Å². The molecule has 0 saturated carbocycles.